The lowest BCUT2D eigenvalue weighted by Gasteiger charge is -2.10. The van der Waals surface area contributed by atoms with Gasteiger partial charge >= 0.3 is 0 Å². The van der Waals surface area contributed by atoms with E-state index in [-0.39, 0.29) is 9.20 Å². The molecule has 3 N–H and O–H groups in total. The largest absolute Gasteiger partial charge is 0.389 e. The number of hydrogen-bond donors (Lipinski definition) is 2. The van der Waals surface area contributed by atoms with Crippen molar-refractivity contribution >= 4 is 60.2 Å². The number of halogens is 1. The number of rotatable bonds is 4. The number of benzene rings is 1. The summed E-state index contributed by atoms with van der Waals surface area (Å²) in [5.41, 5.74) is 7.95. The first-order valence-corrected chi connectivity index (χ1v) is 9.40. The van der Waals surface area contributed by atoms with Crippen LogP contribution >= 0.6 is 39.5 Å². The smallest absolute Gasteiger partial charge is 0.271 e. The predicted octanol–water partition coefficient (Wildman–Crippen LogP) is 3.56. The zero-order chi connectivity index (χ0) is 15.8. The van der Waals surface area contributed by atoms with Crippen LogP contribution in [0.2, 0.25) is 0 Å². The maximum atomic E-state index is 12.3. The van der Waals surface area contributed by atoms with E-state index in [1.54, 1.807) is 18.2 Å². The minimum atomic E-state index is -3.63. The monoisotopic (exact) mass is 404 g/mol. The van der Waals surface area contributed by atoms with Crippen LogP contribution in [0.4, 0.5) is 5.69 Å². The molecule has 21 heavy (non-hydrogen) atoms. The molecule has 0 aliphatic rings. The van der Waals surface area contributed by atoms with Crippen LogP contribution in [0.3, 0.4) is 0 Å². The van der Waals surface area contributed by atoms with Crippen LogP contribution in [0.25, 0.3) is 0 Å². The first-order chi connectivity index (χ1) is 9.70. The van der Waals surface area contributed by atoms with Crippen molar-refractivity contribution in [3.05, 3.63) is 44.7 Å². The van der Waals surface area contributed by atoms with E-state index in [9.17, 15) is 8.42 Å². The Labute approximate surface area is 141 Å². The summed E-state index contributed by atoms with van der Waals surface area (Å²) >= 11 is 9.35. The zero-order valence-corrected chi connectivity index (χ0v) is 15.3. The second-order valence-electron chi connectivity index (χ2n) is 4.51. The van der Waals surface area contributed by atoms with E-state index in [1.807, 2.05) is 13.8 Å². The average molecular weight is 405 g/mol. The molecule has 1 aromatic carbocycles. The molecule has 0 unspecified atom stereocenters. The Morgan fingerprint density at radius 2 is 1.86 bits per heavy atom. The molecule has 2 aromatic rings. The minimum absolute atomic E-state index is 0.184. The molecule has 0 saturated carbocycles. The van der Waals surface area contributed by atoms with E-state index in [0.29, 0.717) is 10.6 Å². The number of nitrogens with one attached hydrogen (secondary N) is 1. The molecule has 0 aliphatic carbocycles. The predicted molar refractivity (Wildman–Crippen MR) is 94.6 cm³/mol. The Hall–Kier alpha value is -0.960. The third-order valence-electron chi connectivity index (χ3n) is 2.78. The molecule has 0 radical (unpaired) electrons. The quantitative estimate of drug-likeness (QED) is 0.763. The molecule has 0 aliphatic heterocycles. The third-order valence-corrected chi connectivity index (χ3v) is 7.37. The van der Waals surface area contributed by atoms with Crippen molar-refractivity contribution in [2.24, 2.45) is 5.73 Å². The molecule has 112 valence electrons. The van der Waals surface area contributed by atoms with E-state index < -0.39 is 10.0 Å². The Morgan fingerprint density at radius 1 is 1.29 bits per heavy atom. The van der Waals surface area contributed by atoms with Gasteiger partial charge in [-0.15, -0.1) is 11.3 Å². The average Bonchev–Trinajstić information content (AvgIpc) is 2.85. The standard InChI is InChI=1S/C13H13BrN2O2S3/c1-7-5-9(6-8(2)12(7)14)16-21(17,18)11-4-3-10(20-11)13(15)19/h3-6,16H,1-2H3,(H2,15,19). The minimum Gasteiger partial charge on any atom is -0.389 e. The fourth-order valence-electron chi connectivity index (χ4n) is 1.81. The summed E-state index contributed by atoms with van der Waals surface area (Å²) in [5, 5.41) is 0. The van der Waals surface area contributed by atoms with Gasteiger partial charge in [-0.3, -0.25) is 4.72 Å². The van der Waals surface area contributed by atoms with Gasteiger partial charge in [0, 0.05) is 10.2 Å². The highest BCUT2D eigenvalue weighted by molar-refractivity contribution is 9.10. The number of hydrogen-bond acceptors (Lipinski definition) is 4. The molecule has 2 rings (SSSR count). The molecule has 0 saturated heterocycles. The Balaban J connectivity index is 2.35. The SMILES string of the molecule is Cc1cc(NS(=O)(=O)c2ccc(C(N)=S)s2)cc(C)c1Br. The molecule has 0 bridgehead atoms. The van der Waals surface area contributed by atoms with Gasteiger partial charge in [0.2, 0.25) is 0 Å². The number of thiophene rings is 1. The number of sulfonamides is 1. The van der Waals surface area contributed by atoms with Crippen molar-refractivity contribution in [3.8, 4) is 0 Å². The van der Waals surface area contributed by atoms with Crippen molar-refractivity contribution in [2.45, 2.75) is 18.1 Å². The van der Waals surface area contributed by atoms with Crippen LogP contribution in [-0.4, -0.2) is 13.4 Å². The Morgan fingerprint density at radius 3 is 2.33 bits per heavy atom. The molecule has 1 aromatic heterocycles. The van der Waals surface area contributed by atoms with E-state index in [4.69, 9.17) is 18.0 Å². The van der Waals surface area contributed by atoms with E-state index in [0.717, 1.165) is 26.9 Å². The van der Waals surface area contributed by atoms with Gasteiger partial charge < -0.3 is 5.73 Å². The number of aryl methyl sites for hydroxylation is 2. The molecule has 8 heteroatoms. The van der Waals surface area contributed by atoms with Gasteiger partial charge in [0.15, 0.2) is 0 Å². The summed E-state index contributed by atoms with van der Waals surface area (Å²) < 4.78 is 28.4. The summed E-state index contributed by atoms with van der Waals surface area (Å²) in [5.74, 6) is 0. The fraction of sp³-hybridized carbons (Fsp3) is 0.154. The number of nitrogens with two attached hydrogens (primary N) is 1. The highest BCUT2D eigenvalue weighted by Gasteiger charge is 2.18. The van der Waals surface area contributed by atoms with E-state index in [2.05, 4.69) is 20.7 Å². The van der Waals surface area contributed by atoms with Crippen LogP contribution in [0, 0.1) is 13.8 Å². The van der Waals surface area contributed by atoms with Crippen LogP contribution in [-0.2, 0) is 10.0 Å². The normalized spacial score (nSPS) is 11.4. The molecule has 1 heterocycles. The molecule has 0 fully saturated rings. The number of thiocarbonyl (C=S) groups is 1. The lowest BCUT2D eigenvalue weighted by Crippen LogP contribution is -2.12. The second kappa shape index (κ2) is 6.04. The molecular formula is C13H13BrN2O2S3. The maximum Gasteiger partial charge on any atom is 0.271 e. The first kappa shape index (κ1) is 16.4. The van der Waals surface area contributed by atoms with Gasteiger partial charge in [0.1, 0.15) is 9.20 Å². The fourth-order valence-corrected chi connectivity index (χ4v) is 4.43. The molecule has 4 nitrogen and oxygen atoms in total. The van der Waals surface area contributed by atoms with Gasteiger partial charge in [-0.05, 0) is 49.2 Å². The lowest BCUT2D eigenvalue weighted by atomic mass is 10.1. The van der Waals surface area contributed by atoms with Crippen molar-refractivity contribution in [1.29, 1.82) is 0 Å². The topological polar surface area (TPSA) is 72.2 Å². The van der Waals surface area contributed by atoms with Crippen LogP contribution < -0.4 is 10.5 Å². The molecule has 0 atom stereocenters. The Bertz CT molecular complexity index is 790. The summed E-state index contributed by atoms with van der Waals surface area (Å²) in [6.07, 6.45) is 0. The summed E-state index contributed by atoms with van der Waals surface area (Å²) in [6, 6.07) is 6.66. The zero-order valence-electron chi connectivity index (χ0n) is 11.3. The highest BCUT2D eigenvalue weighted by Crippen LogP contribution is 2.28. The third kappa shape index (κ3) is 3.63. The summed E-state index contributed by atoms with van der Waals surface area (Å²) in [7, 11) is -3.63. The van der Waals surface area contributed by atoms with E-state index >= 15 is 0 Å². The summed E-state index contributed by atoms with van der Waals surface area (Å²) in [6.45, 7) is 3.82. The van der Waals surface area contributed by atoms with Gasteiger partial charge in [-0.2, -0.15) is 0 Å². The van der Waals surface area contributed by atoms with Crippen LogP contribution in [0.1, 0.15) is 16.0 Å². The van der Waals surface area contributed by atoms with Gasteiger partial charge in [-0.25, -0.2) is 8.42 Å². The van der Waals surface area contributed by atoms with Gasteiger partial charge in [0.25, 0.3) is 10.0 Å². The first-order valence-electron chi connectivity index (χ1n) is 5.90. The van der Waals surface area contributed by atoms with Gasteiger partial charge in [-0.1, -0.05) is 28.1 Å². The second-order valence-corrected chi connectivity index (χ2v) is 8.74. The van der Waals surface area contributed by atoms with Crippen LogP contribution in [0.15, 0.2) is 32.9 Å². The Kier molecular flexibility index (Phi) is 4.72. The van der Waals surface area contributed by atoms with E-state index in [1.165, 1.54) is 6.07 Å². The van der Waals surface area contributed by atoms with Gasteiger partial charge in [0.05, 0.1) is 4.88 Å². The molecule has 0 amide bonds. The van der Waals surface area contributed by atoms with Crippen molar-refractivity contribution < 1.29 is 8.42 Å². The van der Waals surface area contributed by atoms with Crippen LogP contribution in [0.5, 0.6) is 0 Å². The molecule has 0 spiro atoms. The maximum absolute atomic E-state index is 12.3. The molecular weight excluding hydrogens is 392 g/mol. The van der Waals surface area contributed by atoms with Crippen molar-refractivity contribution in [3.63, 3.8) is 0 Å². The summed E-state index contributed by atoms with van der Waals surface area (Å²) in [4.78, 5) is 0.769. The van der Waals surface area contributed by atoms with Crippen molar-refractivity contribution in [1.82, 2.24) is 0 Å². The highest BCUT2D eigenvalue weighted by atomic mass is 79.9. The van der Waals surface area contributed by atoms with Crippen molar-refractivity contribution in [2.75, 3.05) is 4.72 Å². The lowest BCUT2D eigenvalue weighted by molar-refractivity contribution is 0.603. The number of anilines is 1.